The van der Waals surface area contributed by atoms with Gasteiger partial charge in [-0.3, -0.25) is 9.88 Å². The van der Waals surface area contributed by atoms with Crippen molar-refractivity contribution in [2.75, 3.05) is 31.1 Å². The van der Waals surface area contributed by atoms with Gasteiger partial charge in [-0.05, 0) is 49.7 Å². The fourth-order valence-electron chi connectivity index (χ4n) is 4.37. The highest BCUT2D eigenvalue weighted by Gasteiger charge is 2.22. The normalized spacial score (nSPS) is 14.6. The summed E-state index contributed by atoms with van der Waals surface area (Å²) in [5.74, 6) is 0.603. The third-order valence-electron chi connectivity index (χ3n) is 6.32. The van der Waals surface area contributed by atoms with Gasteiger partial charge in [0.25, 0.3) is 0 Å². The number of benzene rings is 2. The minimum Gasteiger partial charge on any atom is -0.352 e. The minimum absolute atomic E-state index is 0.251. The smallest absolute Gasteiger partial charge is 0.155 e. The van der Waals surface area contributed by atoms with Crippen molar-refractivity contribution in [3.63, 3.8) is 0 Å². The van der Waals surface area contributed by atoms with Crippen LogP contribution in [0.4, 0.5) is 10.2 Å². The monoisotopic (exact) mass is 442 g/mol. The van der Waals surface area contributed by atoms with Crippen LogP contribution in [0.2, 0.25) is 0 Å². The summed E-state index contributed by atoms with van der Waals surface area (Å²) < 4.78 is 15.4. The Morgan fingerprint density at radius 3 is 2.36 bits per heavy atom. The Balaban J connectivity index is 1.28. The van der Waals surface area contributed by atoms with Crippen LogP contribution in [-0.4, -0.2) is 50.8 Å². The van der Waals surface area contributed by atoms with E-state index in [9.17, 15) is 4.39 Å². The molecular weight excluding hydrogens is 415 g/mol. The molecule has 1 fully saturated rings. The second-order valence-electron chi connectivity index (χ2n) is 8.45. The maximum Gasteiger partial charge on any atom is 0.155 e. The van der Waals surface area contributed by atoms with Crippen molar-refractivity contribution in [2.45, 2.75) is 20.4 Å². The Morgan fingerprint density at radius 2 is 1.61 bits per heavy atom. The topological polar surface area (TPSA) is 50.1 Å². The molecule has 1 aliphatic heterocycles. The number of hydrogen-bond acceptors (Lipinski definition) is 5. The van der Waals surface area contributed by atoms with E-state index in [0.717, 1.165) is 55.5 Å². The number of halogens is 1. The predicted molar refractivity (Wildman–Crippen MR) is 128 cm³/mol. The molecule has 4 aromatic rings. The van der Waals surface area contributed by atoms with E-state index in [1.54, 1.807) is 24.5 Å². The Labute approximate surface area is 193 Å². The van der Waals surface area contributed by atoms with Crippen molar-refractivity contribution in [3.05, 3.63) is 89.8 Å². The number of anilines is 1. The van der Waals surface area contributed by atoms with Crippen LogP contribution in [0.3, 0.4) is 0 Å². The van der Waals surface area contributed by atoms with Crippen LogP contribution in [0.1, 0.15) is 16.8 Å². The van der Waals surface area contributed by atoms with Crippen molar-refractivity contribution in [1.82, 2.24) is 24.6 Å². The summed E-state index contributed by atoms with van der Waals surface area (Å²) in [6.07, 6.45) is 5.40. The van der Waals surface area contributed by atoms with Gasteiger partial charge in [0, 0.05) is 61.9 Å². The highest BCUT2D eigenvalue weighted by molar-refractivity contribution is 5.72. The van der Waals surface area contributed by atoms with E-state index in [0.29, 0.717) is 0 Å². The fraction of sp³-hybridized carbons (Fsp3) is 0.269. The molecule has 0 saturated carbocycles. The average Bonchev–Trinajstić information content (AvgIpc) is 3.20. The lowest BCUT2D eigenvalue weighted by molar-refractivity contribution is 0.249. The zero-order valence-corrected chi connectivity index (χ0v) is 18.9. The summed E-state index contributed by atoms with van der Waals surface area (Å²) in [5, 5.41) is 4.66. The van der Waals surface area contributed by atoms with Gasteiger partial charge in [-0.25, -0.2) is 14.1 Å². The van der Waals surface area contributed by atoms with Gasteiger partial charge in [-0.2, -0.15) is 5.10 Å². The zero-order chi connectivity index (χ0) is 22.8. The van der Waals surface area contributed by atoms with Crippen molar-refractivity contribution in [3.8, 4) is 16.9 Å². The van der Waals surface area contributed by atoms with E-state index >= 15 is 0 Å². The summed E-state index contributed by atoms with van der Waals surface area (Å²) in [6, 6.07) is 14.8. The van der Waals surface area contributed by atoms with Crippen LogP contribution in [0.5, 0.6) is 0 Å². The number of para-hydroxylation sites is 1. The highest BCUT2D eigenvalue weighted by Crippen LogP contribution is 2.28. The molecule has 5 rings (SSSR count). The molecular formula is C26H27FN6. The number of nitrogens with zero attached hydrogens (tertiary/aromatic N) is 6. The lowest BCUT2D eigenvalue weighted by Crippen LogP contribution is -2.46. The molecule has 1 saturated heterocycles. The lowest BCUT2D eigenvalue weighted by Gasteiger charge is -2.35. The first-order valence-corrected chi connectivity index (χ1v) is 11.2. The van der Waals surface area contributed by atoms with Crippen LogP contribution in [-0.2, 0) is 6.54 Å². The van der Waals surface area contributed by atoms with Crippen molar-refractivity contribution < 1.29 is 4.39 Å². The van der Waals surface area contributed by atoms with Crippen LogP contribution in [0, 0.1) is 19.7 Å². The molecule has 6 nitrogen and oxygen atoms in total. The molecule has 33 heavy (non-hydrogen) atoms. The van der Waals surface area contributed by atoms with E-state index in [2.05, 4.69) is 63.0 Å². The van der Waals surface area contributed by atoms with Gasteiger partial charge in [0.15, 0.2) is 5.82 Å². The SMILES string of the molecule is Cc1ccccc1-n1ncc(CN2CCN(c3nccnc3-c3ccc(F)cc3)CC2)c1C. The zero-order valence-electron chi connectivity index (χ0n) is 18.9. The third-order valence-corrected chi connectivity index (χ3v) is 6.32. The largest absolute Gasteiger partial charge is 0.352 e. The van der Waals surface area contributed by atoms with Crippen molar-refractivity contribution in [1.29, 1.82) is 0 Å². The van der Waals surface area contributed by atoms with E-state index in [1.807, 2.05) is 10.9 Å². The number of aryl methyl sites for hydroxylation is 1. The molecule has 2 aromatic carbocycles. The molecule has 0 amide bonds. The average molecular weight is 443 g/mol. The third kappa shape index (κ3) is 4.36. The molecule has 0 radical (unpaired) electrons. The van der Waals surface area contributed by atoms with Gasteiger partial charge < -0.3 is 4.90 Å². The van der Waals surface area contributed by atoms with Gasteiger partial charge in [-0.15, -0.1) is 0 Å². The second kappa shape index (κ2) is 9.11. The van der Waals surface area contributed by atoms with E-state index in [4.69, 9.17) is 0 Å². The van der Waals surface area contributed by atoms with Gasteiger partial charge in [-0.1, -0.05) is 18.2 Å². The number of rotatable bonds is 5. The fourth-order valence-corrected chi connectivity index (χ4v) is 4.37. The number of aromatic nitrogens is 4. The standard InChI is InChI=1S/C26H27FN6/c1-19-5-3-4-6-24(19)33-20(2)22(17-30-33)18-31-13-15-32(16-14-31)26-25(28-11-12-29-26)21-7-9-23(27)10-8-21/h3-12,17H,13-16,18H2,1-2H3. The number of hydrogen-bond donors (Lipinski definition) is 0. The van der Waals surface area contributed by atoms with Gasteiger partial charge in [0.2, 0.25) is 0 Å². The summed E-state index contributed by atoms with van der Waals surface area (Å²) >= 11 is 0. The molecule has 0 spiro atoms. The molecule has 0 aliphatic carbocycles. The molecule has 0 unspecified atom stereocenters. The highest BCUT2D eigenvalue weighted by atomic mass is 19.1. The molecule has 2 aromatic heterocycles. The van der Waals surface area contributed by atoms with Crippen LogP contribution >= 0.6 is 0 Å². The van der Waals surface area contributed by atoms with Gasteiger partial charge >= 0.3 is 0 Å². The van der Waals surface area contributed by atoms with E-state index in [1.165, 1.54) is 29.0 Å². The molecule has 0 atom stereocenters. The van der Waals surface area contributed by atoms with E-state index in [-0.39, 0.29) is 5.82 Å². The lowest BCUT2D eigenvalue weighted by atomic mass is 10.1. The first-order valence-electron chi connectivity index (χ1n) is 11.2. The van der Waals surface area contributed by atoms with Crippen molar-refractivity contribution >= 4 is 5.82 Å². The molecule has 1 aliphatic rings. The van der Waals surface area contributed by atoms with Crippen LogP contribution in [0.25, 0.3) is 16.9 Å². The molecule has 0 bridgehead atoms. The Kier molecular flexibility index (Phi) is 5.88. The first-order chi connectivity index (χ1) is 16.1. The quantitative estimate of drug-likeness (QED) is 0.458. The summed E-state index contributed by atoms with van der Waals surface area (Å²) in [6.45, 7) is 8.69. The first kappa shape index (κ1) is 21.3. The predicted octanol–water partition coefficient (Wildman–Crippen LogP) is 4.41. The van der Waals surface area contributed by atoms with Gasteiger partial charge in [0.1, 0.15) is 11.5 Å². The Hall–Kier alpha value is -3.58. The molecule has 7 heteroatoms. The Bertz CT molecular complexity index is 1240. The van der Waals surface area contributed by atoms with Gasteiger partial charge in [0.05, 0.1) is 11.9 Å². The number of piperazine rings is 1. The van der Waals surface area contributed by atoms with Crippen LogP contribution < -0.4 is 4.90 Å². The maximum absolute atomic E-state index is 13.4. The summed E-state index contributed by atoms with van der Waals surface area (Å²) in [4.78, 5) is 13.9. The van der Waals surface area contributed by atoms with Crippen molar-refractivity contribution in [2.24, 2.45) is 0 Å². The summed E-state index contributed by atoms with van der Waals surface area (Å²) in [7, 11) is 0. The Morgan fingerprint density at radius 1 is 0.879 bits per heavy atom. The minimum atomic E-state index is -0.251. The maximum atomic E-state index is 13.4. The molecule has 0 N–H and O–H groups in total. The molecule has 168 valence electrons. The second-order valence-corrected chi connectivity index (χ2v) is 8.45. The molecule has 3 heterocycles. The van der Waals surface area contributed by atoms with E-state index < -0.39 is 0 Å². The van der Waals surface area contributed by atoms with Crippen LogP contribution in [0.15, 0.2) is 67.1 Å². The summed E-state index contributed by atoms with van der Waals surface area (Å²) in [5.41, 5.74) is 6.44.